The molecule has 2 bridgehead atoms. The summed E-state index contributed by atoms with van der Waals surface area (Å²) in [4.78, 5) is 14.7. The topological polar surface area (TPSA) is 35.6 Å². The van der Waals surface area contributed by atoms with E-state index in [9.17, 15) is 4.79 Å². The van der Waals surface area contributed by atoms with Gasteiger partial charge in [-0.05, 0) is 56.7 Å². The number of amides is 1. The lowest BCUT2D eigenvalue weighted by atomic mass is 9.80. The summed E-state index contributed by atoms with van der Waals surface area (Å²) in [6.45, 7) is 2.26. The van der Waals surface area contributed by atoms with Gasteiger partial charge in [-0.3, -0.25) is 4.79 Å². The van der Waals surface area contributed by atoms with E-state index in [-0.39, 0.29) is 0 Å². The maximum Gasteiger partial charge on any atom is 0.210 e. The molecule has 126 valence electrons. The van der Waals surface area contributed by atoms with Crippen LogP contribution in [-0.4, -0.2) is 43.5 Å². The molecule has 5 heteroatoms. The smallest absolute Gasteiger partial charge is 0.210 e. The molecule has 3 saturated heterocycles. The zero-order valence-corrected chi connectivity index (χ0v) is 14.6. The first kappa shape index (κ1) is 16.4. The third-order valence-corrected chi connectivity index (χ3v) is 5.59. The van der Waals surface area contributed by atoms with E-state index < -0.39 is 0 Å². The molecule has 5 rings (SSSR count). The van der Waals surface area contributed by atoms with Gasteiger partial charge in [-0.2, -0.15) is 0 Å². The van der Waals surface area contributed by atoms with E-state index in [1.54, 1.807) is 0 Å². The Kier molecular flexibility index (Phi) is 5.31. The van der Waals surface area contributed by atoms with Crippen molar-refractivity contribution in [1.29, 1.82) is 0 Å². The second-order valence-corrected chi connectivity index (χ2v) is 7.04. The fourth-order valence-corrected chi connectivity index (χ4v) is 4.12. The minimum absolute atomic E-state index is 0.626. The Morgan fingerprint density at radius 2 is 1.87 bits per heavy atom. The number of nitrogens with one attached hydrogen (secondary N) is 1. The minimum atomic E-state index is 0.626. The number of carbonyl (C=O) groups excluding carboxylic acids is 1. The predicted molar refractivity (Wildman–Crippen MR) is 96.4 cm³/mol. The molecule has 1 aromatic rings. The van der Waals surface area contributed by atoms with Crippen molar-refractivity contribution in [2.45, 2.75) is 50.6 Å². The van der Waals surface area contributed by atoms with Gasteiger partial charge in [0.1, 0.15) is 0 Å². The largest absolute Gasteiger partial charge is 0.388 e. The Bertz CT molecular complexity index is 531. The molecule has 2 atom stereocenters. The normalized spacial score (nSPS) is 25.3. The van der Waals surface area contributed by atoms with Gasteiger partial charge in [0.2, 0.25) is 6.41 Å². The van der Waals surface area contributed by atoms with Crippen LogP contribution in [0.2, 0.25) is 5.02 Å². The third-order valence-electron chi connectivity index (χ3n) is 5.27. The van der Waals surface area contributed by atoms with Crippen LogP contribution in [0.1, 0.15) is 38.5 Å². The van der Waals surface area contributed by atoms with E-state index in [0.29, 0.717) is 12.1 Å². The maximum absolute atomic E-state index is 10.3. The number of nitrogens with zero attached hydrogens (tertiary/aromatic N) is 2. The molecule has 3 heterocycles. The van der Waals surface area contributed by atoms with Crippen LogP contribution < -0.4 is 10.2 Å². The summed E-state index contributed by atoms with van der Waals surface area (Å²) in [5.74, 6) is 0. The monoisotopic (exact) mass is 335 g/mol. The highest BCUT2D eigenvalue weighted by Crippen LogP contribution is 2.36. The van der Waals surface area contributed by atoms with Gasteiger partial charge in [-0.1, -0.05) is 11.6 Å². The summed E-state index contributed by atoms with van der Waals surface area (Å²) < 4.78 is 0. The Morgan fingerprint density at radius 3 is 2.39 bits per heavy atom. The molecule has 1 unspecified atom stereocenters. The molecule has 1 aromatic carbocycles. The highest BCUT2D eigenvalue weighted by atomic mass is 35.5. The van der Waals surface area contributed by atoms with E-state index in [1.807, 2.05) is 24.1 Å². The first-order valence-electron chi connectivity index (χ1n) is 8.68. The van der Waals surface area contributed by atoms with Crippen LogP contribution in [0.3, 0.4) is 0 Å². The van der Waals surface area contributed by atoms with Crippen molar-refractivity contribution in [2.24, 2.45) is 0 Å². The number of rotatable bonds is 3. The minimum Gasteiger partial charge on any atom is -0.388 e. The van der Waals surface area contributed by atoms with Crippen molar-refractivity contribution < 1.29 is 4.79 Å². The number of anilines is 2. The van der Waals surface area contributed by atoms with Crippen LogP contribution >= 0.6 is 11.6 Å². The molecule has 0 aromatic heterocycles. The summed E-state index contributed by atoms with van der Waals surface area (Å²) in [6, 6.07) is 7.33. The van der Waals surface area contributed by atoms with Gasteiger partial charge in [0.05, 0.1) is 10.7 Å². The Morgan fingerprint density at radius 1 is 1.17 bits per heavy atom. The van der Waals surface area contributed by atoms with Gasteiger partial charge < -0.3 is 15.1 Å². The van der Waals surface area contributed by atoms with Gasteiger partial charge in [-0.15, -0.1) is 0 Å². The molecular weight excluding hydrogens is 310 g/mol. The highest BCUT2D eigenvalue weighted by Gasteiger charge is 2.39. The average Bonchev–Trinajstić information content (AvgIpc) is 3.11. The molecule has 1 aliphatic carbocycles. The molecule has 4 nitrogen and oxygen atoms in total. The van der Waals surface area contributed by atoms with Gasteiger partial charge in [-0.25, -0.2) is 0 Å². The zero-order valence-electron chi connectivity index (χ0n) is 13.8. The summed E-state index contributed by atoms with van der Waals surface area (Å²) >= 11 is 6.16. The number of hydrogen-bond donors (Lipinski definition) is 1. The molecule has 3 aliphatic heterocycles. The number of halogens is 1. The molecule has 0 radical (unpaired) electrons. The third kappa shape index (κ3) is 3.57. The molecule has 1 N–H and O–H groups in total. The van der Waals surface area contributed by atoms with Crippen LogP contribution in [0.25, 0.3) is 0 Å². The van der Waals surface area contributed by atoms with Crippen molar-refractivity contribution in [2.75, 3.05) is 30.4 Å². The fourth-order valence-electron chi connectivity index (χ4n) is 3.88. The quantitative estimate of drug-likeness (QED) is 0.854. The zero-order chi connectivity index (χ0) is 16.2. The van der Waals surface area contributed by atoms with Gasteiger partial charge in [0, 0.05) is 37.9 Å². The number of piperidine rings is 1. The molecule has 1 amide bonds. The van der Waals surface area contributed by atoms with Gasteiger partial charge in [0.25, 0.3) is 0 Å². The summed E-state index contributed by atoms with van der Waals surface area (Å²) in [7, 11) is 1.93. The van der Waals surface area contributed by atoms with Crippen LogP contribution in [-0.2, 0) is 4.79 Å². The first-order chi connectivity index (χ1) is 11.2. The van der Waals surface area contributed by atoms with Crippen molar-refractivity contribution >= 4 is 29.4 Å². The van der Waals surface area contributed by atoms with Crippen molar-refractivity contribution in [3.63, 3.8) is 0 Å². The van der Waals surface area contributed by atoms with Crippen molar-refractivity contribution in [1.82, 2.24) is 4.90 Å². The second-order valence-electron chi connectivity index (χ2n) is 6.64. The number of fused-ring (bicyclic) bond motifs is 2. The second kappa shape index (κ2) is 7.43. The first-order valence-corrected chi connectivity index (χ1v) is 9.05. The van der Waals surface area contributed by atoms with Crippen LogP contribution in [0.4, 0.5) is 11.4 Å². The molecule has 4 fully saturated rings. The van der Waals surface area contributed by atoms with Crippen LogP contribution in [0, 0.1) is 0 Å². The summed E-state index contributed by atoms with van der Waals surface area (Å²) in [6.07, 6.45) is 8.67. The van der Waals surface area contributed by atoms with Crippen molar-refractivity contribution in [3.8, 4) is 0 Å². The van der Waals surface area contributed by atoms with Gasteiger partial charge in [0.15, 0.2) is 0 Å². The Balaban J connectivity index is 0.000000149. The highest BCUT2D eigenvalue weighted by molar-refractivity contribution is 6.33. The molecular formula is C18H26ClN3O. The summed E-state index contributed by atoms with van der Waals surface area (Å²) in [5.41, 5.74) is 2.28. The number of carbonyl (C=O) groups is 1. The van der Waals surface area contributed by atoms with Crippen molar-refractivity contribution in [3.05, 3.63) is 23.2 Å². The van der Waals surface area contributed by atoms with Gasteiger partial charge >= 0.3 is 0 Å². The lowest BCUT2D eigenvalue weighted by Crippen LogP contribution is -2.57. The van der Waals surface area contributed by atoms with Crippen LogP contribution in [0.5, 0.6) is 0 Å². The van der Waals surface area contributed by atoms with Crippen LogP contribution in [0.15, 0.2) is 18.2 Å². The molecule has 23 heavy (non-hydrogen) atoms. The SMILES string of the molecule is CNc1ccc(Cl)c(N2CCCC2)c1.O=CN1C2CCC[C@@H]1C2. The summed E-state index contributed by atoms with van der Waals surface area (Å²) in [5, 5.41) is 3.99. The predicted octanol–water partition coefficient (Wildman–Crippen LogP) is 3.75. The van der Waals surface area contributed by atoms with E-state index >= 15 is 0 Å². The lowest BCUT2D eigenvalue weighted by Gasteiger charge is -2.50. The van der Waals surface area contributed by atoms with E-state index in [2.05, 4.69) is 16.3 Å². The molecule has 1 saturated carbocycles. The number of hydrogen-bond acceptors (Lipinski definition) is 3. The lowest BCUT2D eigenvalue weighted by molar-refractivity contribution is -0.134. The van der Waals surface area contributed by atoms with E-state index in [1.165, 1.54) is 38.5 Å². The fraction of sp³-hybridized carbons (Fsp3) is 0.611. The molecule has 4 aliphatic rings. The standard InChI is InChI=1S/C11H15ClN2.C7H11NO/c1-13-9-4-5-10(12)11(8-9)14-6-2-3-7-14;9-5-8-6-2-1-3-7(8)4-6/h4-5,8,13H,2-3,6-7H2,1H3;5-7H,1-4H2/t;6-,7?/m.1/s1. The number of benzene rings is 1. The molecule has 0 spiro atoms. The van der Waals surface area contributed by atoms with E-state index in [0.717, 1.165) is 35.9 Å². The van der Waals surface area contributed by atoms with E-state index in [4.69, 9.17) is 11.6 Å². The average molecular weight is 336 g/mol. The Hall–Kier alpha value is -1.42. The maximum atomic E-state index is 10.3. The Labute approximate surface area is 143 Å².